The van der Waals surface area contributed by atoms with Crippen LogP contribution in [0.1, 0.15) is 28.5 Å². The number of nitrogens with two attached hydrogens (primary N) is 1. The van der Waals surface area contributed by atoms with E-state index in [1.54, 1.807) is 0 Å². The van der Waals surface area contributed by atoms with E-state index in [-0.39, 0.29) is 12.3 Å². The smallest absolute Gasteiger partial charge is 0.245 e. The number of amides is 2. The molecule has 2 rings (SSSR count). The second-order valence-electron chi connectivity index (χ2n) is 4.42. The van der Waals surface area contributed by atoms with Crippen LogP contribution in [0.4, 0.5) is 0 Å². The van der Waals surface area contributed by atoms with E-state index in [1.807, 2.05) is 0 Å². The largest absolute Gasteiger partial charge is 0.384 e. The third kappa shape index (κ3) is 2.53. The number of primary amides is 1. The molecule has 20 heavy (non-hydrogen) atoms. The monoisotopic (exact) mass is 292 g/mol. The highest BCUT2D eigenvalue weighted by Crippen LogP contribution is 2.36. The maximum Gasteiger partial charge on any atom is 0.245 e. The highest BCUT2D eigenvalue weighted by molar-refractivity contribution is 7.10. The van der Waals surface area contributed by atoms with Crippen molar-refractivity contribution in [3.8, 4) is 6.07 Å². The van der Waals surface area contributed by atoms with Crippen molar-refractivity contribution in [1.82, 2.24) is 4.90 Å². The number of carbonyl (C=O) groups is 2. The van der Waals surface area contributed by atoms with Crippen LogP contribution < -0.4 is 5.73 Å². The van der Waals surface area contributed by atoms with Gasteiger partial charge in [0.1, 0.15) is 12.1 Å². The summed E-state index contributed by atoms with van der Waals surface area (Å²) in [5, 5.41) is 11.9. The minimum Gasteiger partial charge on any atom is -0.384 e. The number of nitrogens with zero attached hydrogens (tertiary/aromatic N) is 2. The van der Waals surface area contributed by atoms with E-state index in [0.29, 0.717) is 30.0 Å². The summed E-state index contributed by atoms with van der Waals surface area (Å²) in [5.41, 5.74) is 6.67. The van der Waals surface area contributed by atoms with Gasteiger partial charge < -0.3 is 15.4 Å². The second kappa shape index (κ2) is 6.03. The Balaban J connectivity index is 2.31. The lowest BCUT2D eigenvalue weighted by atomic mass is 9.97. The molecule has 1 aliphatic rings. The Morgan fingerprint density at radius 2 is 2.40 bits per heavy atom. The van der Waals surface area contributed by atoms with Gasteiger partial charge in [-0.25, -0.2) is 0 Å². The number of hydrogen-bond acceptors (Lipinski definition) is 5. The first-order valence-electron chi connectivity index (χ1n) is 6.11. The molecule has 0 spiro atoms. The normalized spacial score (nSPS) is 17.4. The van der Waals surface area contributed by atoms with Crippen molar-refractivity contribution in [2.45, 2.75) is 18.9 Å². The van der Waals surface area contributed by atoms with Crippen LogP contribution >= 0.6 is 11.3 Å². The number of nitriles is 1. The topological polar surface area (TPSA) is 96.4 Å². The van der Waals surface area contributed by atoms with Crippen LogP contribution in [-0.4, -0.2) is 37.0 Å². The summed E-state index contributed by atoms with van der Waals surface area (Å²) < 4.78 is 4.88. The van der Waals surface area contributed by atoms with Gasteiger partial charge in [0.2, 0.25) is 11.8 Å². The van der Waals surface area contributed by atoms with Gasteiger partial charge in [-0.15, -0.1) is 11.3 Å². The summed E-state index contributed by atoms with van der Waals surface area (Å²) >= 11 is 1.18. The Kier molecular flexibility index (Phi) is 4.37. The van der Waals surface area contributed by atoms with E-state index in [2.05, 4.69) is 11.4 Å². The molecule has 105 valence electrons. The Hall–Kier alpha value is -1.91. The molecule has 7 heteroatoms. The van der Waals surface area contributed by atoms with E-state index in [9.17, 15) is 9.59 Å². The van der Waals surface area contributed by atoms with Crippen molar-refractivity contribution in [2.24, 2.45) is 5.73 Å². The standard InChI is InChI=1S/C13H14N3O3S/c1-19-5-3-10(17)16-4-2-9-8(6-14)7-20-12(9)11(16)13(15)18/h11H,2-5H2,1H3,(H2,15,18). The predicted octanol–water partition coefficient (Wildman–Crippen LogP) is 0.368. The highest BCUT2D eigenvalue weighted by Gasteiger charge is 2.36. The minimum atomic E-state index is -0.800. The first-order valence-corrected chi connectivity index (χ1v) is 6.92. The highest BCUT2D eigenvalue weighted by atomic mass is 32.1. The van der Waals surface area contributed by atoms with Gasteiger partial charge >= 0.3 is 0 Å². The van der Waals surface area contributed by atoms with Crippen LogP contribution in [0.15, 0.2) is 0 Å². The molecule has 2 N–H and O–H groups in total. The number of methoxy groups -OCH3 is 1. The van der Waals surface area contributed by atoms with Crippen molar-refractivity contribution in [3.63, 3.8) is 0 Å². The first kappa shape index (κ1) is 14.5. The van der Waals surface area contributed by atoms with E-state index < -0.39 is 11.9 Å². The molecule has 1 aromatic rings. The number of hydrogen-bond donors (Lipinski definition) is 1. The van der Waals surface area contributed by atoms with Gasteiger partial charge in [-0.3, -0.25) is 9.59 Å². The summed E-state index contributed by atoms with van der Waals surface area (Å²) in [6, 6.07) is 1.25. The predicted molar refractivity (Wildman–Crippen MR) is 71.7 cm³/mol. The number of ether oxygens (including phenoxy) is 1. The number of carbonyl (C=O) groups excluding carboxylic acids is 2. The van der Waals surface area contributed by atoms with Crippen molar-refractivity contribution >= 4 is 23.2 Å². The van der Waals surface area contributed by atoms with Gasteiger partial charge in [-0.2, -0.15) is 5.26 Å². The fourth-order valence-corrected chi connectivity index (χ4v) is 3.36. The van der Waals surface area contributed by atoms with E-state index in [4.69, 9.17) is 15.7 Å². The summed E-state index contributed by atoms with van der Waals surface area (Å²) in [7, 11) is 1.51. The van der Waals surface area contributed by atoms with Gasteiger partial charge in [-0.1, -0.05) is 0 Å². The third-order valence-corrected chi connectivity index (χ3v) is 4.24. The molecule has 1 aliphatic heterocycles. The van der Waals surface area contributed by atoms with Crippen molar-refractivity contribution in [2.75, 3.05) is 20.3 Å². The van der Waals surface area contributed by atoms with Crippen molar-refractivity contribution < 1.29 is 14.3 Å². The summed E-state index contributed by atoms with van der Waals surface area (Å²) in [6.07, 6.45) is 0.747. The lowest BCUT2D eigenvalue weighted by Crippen LogP contribution is -2.45. The van der Waals surface area contributed by atoms with Gasteiger partial charge in [0.25, 0.3) is 0 Å². The molecule has 0 saturated carbocycles. The van der Waals surface area contributed by atoms with Crippen LogP contribution in [0.25, 0.3) is 0 Å². The molecular formula is C13H14N3O3S. The maximum atomic E-state index is 12.1. The van der Waals surface area contributed by atoms with Gasteiger partial charge in [0, 0.05) is 18.5 Å². The number of fused-ring (bicyclic) bond motifs is 1. The zero-order chi connectivity index (χ0) is 14.7. The number of rotatable bonds is 4. The molecule has 2 heterocycles. The van der Waals surface area contributed by atoms with Gasteiger partial charge in [0.15, 0.2) is 0 Å². The molecule has 0 saturated heterocycles. The van der Waals surface area contributed by atoms with Crippen LogP contribution in [0, 0.1) is 16.7 Å². The quantitative estimate of drug-likeness (QED) is 0.867. The van der Waals surface area contributed by atoms with Crippen LogP contribution in [-0.2, 0) is 20.7 Å². The average molecular weight is 292 g/mol. The minimum absolute atomic E-state index is 0.173. The zero-order valence-electron chi connectivity index (χ0n) is 11.0. The molecule has 0 fully saturated rings. The summed E-state index contributed by atoms with van der Waals surface area (Å²) in [6.45, 7) is 0.677. The zero-order valence-corrected chi connectivity index (χ0v) is 11.8. The van der Waals surface area contributed by atoms with Gasteiger partial charge in [-0.05, 0) is 12.0 Å². The van der Waals surface area contributed by atoms with Crippen molar-refractivity contribution in [1.29, 1.82) is 5.26 Å². The first-order chi connectivity index (χ1) is 9.60. The Labute approximate surface area is 120 Å². The molecule has 6 nitrogen and oxygen atoms in total. The fourth-order valence-electron chi connectivity index (χ4n) is 2.30. The second-order valence-corrected chi connectivity index (χ2v) is 5.27. The average Bonchev–Trinajstić information content (AvgIpc) is 2.86. The molecule has 1 radical (unpaired) electrons. The lowest BCUT2D eigenvalue weighted by Gasteiger charge is -2.33. The SMILES string of the molecule is COCCC(=O)N1CCc2c(C#N)[c]sc2C1C(N)=O. The van der Waals surface area contributed by atoms with Crippen LogP contribution in [0.3, 0.4) is 0 Å². The summed E-state index contributed by atoms with van der Waals surface area (Å²) in [5.74, 6) is -0.760. The Morgan fingerprint density at radius 1 is 1.65 bits per heavy atom. The number of thiophene rings is 1. The lowest BCUT2D eigenvalue weighted by molar-refractivity contribution is -0.140. The Bertz CT molecular complexity index is 576. The van der Waals surface area contributed by atoms with Crippen molar-refractivity contribution in [3.05, 3.63) is 21.4 Å². The molecule has 0 aliphatic carbocycles. The van der Waals surface area contributed by atoms with Crippen LogP contribution in [0.2, 0.25) is 0 Å². The van der Waals surface area contributed by atoms with Crippen LogP contribution in [0.5, 0.6) is 0 Å². The molecule has 1 atom stereocenters. The van der Waals surface area contributed by atoms with Gasteiger partial charge in [0.05, 0.1) is 24.0 Å². The Morgan fingerprint density at radius 3 is 3.00 bits per heavy atom. The van der Waals surface area contributed by atoms with E-state index in [1.165, 1.54) is 23.3 Å². The molecular weight excluding hydrogens is 278 g/mol. The molecule has 0 aromatic carbocycles. The maximum absolute atomic E-state index is 12.1. The molecule has 1 unspecified atom stereocenters. The van der Waals surface area contributed by atoms with E-state index >= 15 is 0 Å². The molecule has 0 bridgehead atoms. The van der Waals surface area contributed by atoms with E-state index in [0.717, 1.165) is 5.56 Å². The fraction of sp³-hybridized carbons (Fsp3) is 0.462. The summed E-state index contributed by atoms with van der Waals surface area (Å²) in [4.78, 5) is 26.0. The third-order valence-electron chi connectivity index (χ3n) is 3.25. The molecule has 1 aromatic heterocycles. The molecule has 2 amide bonds.